The number of aromatic nitrogens is 1. The largest absolute Gasteiger partial charge is 0.342 e. The minimum Gasteiger partial charge on any atom is -0.342 e. The number of hydrogen-bond acceptors (Lipinski definition) is 5. The monoisotopic (exact) mass is 336 g/mol. The molecule has 0 spiro atoms. The zero-order valence-electron chi connectivity index (χ0n) is 14.3. The van der Waals surface area contributed by atoms with Gasteiger partial charge in [-0.1, -0.05) is 0 Å². The van der Waals surface area contributed by atoms with E-state index in [1.165, 1.54) is 29.8 Å². The molecule has 1 amide bonds. The first kappa shape index (κ1) is 16.9. The molecule has 1 aliphatic carbocycles. The zero-order valence-corrected chi connectivity index (χ0v) is 15.1. The lowest BCUT2D eigenvalue weighted by Crippen LogP contribution is -2.45. The van der Waals surface area contributed by atoms with E-state index in [0.717, 1.165) is 44.0 Å². The predicted octanol–water partition coefficient (Wildman–Crippen LogP) is 1.79. The summed E-state index contributed by atoms with van der Waals surface area (Å²) >= 11 is 1.84. The van der Waals surface area contributed by atoms with Gasteiger partial charge in [0.15, 0.2) is 0 Å². The fourth-order valence-corrected chi connectivity index (χ4v) is 4.95. The molecule has 0 radical (unpaired) electrons. The summed E-state index contributed by atoms with van der Waals surface area (Å²) in [6, 6.07) is 0.0138. The van der Waals surface area contributed by atoms with Crippen molar-refractivity contribution < 1.29 is 4.79 Å². The minimum absolute atomic E-state index is 0.0779. The molecule has 0 aromatic carbocycles. The summed E-state index contributed by atoms with van der Waals surface area (Å²) in [7, 11) is 0. The van der Waals surface area contributed by atoms with Gasteiger partial charge in [0.05, 0.1) is 18.3 Å². The van der Waals surface area contributed by atoms with Crippen LogP contribution in [0.2, 0.25) is 0 Å². The van der Waals surface area contributed by atoms with Gasteiger partial charge in [0, 0.05) is 30.6 Å². The predicted molar refractivity (Wildman–Crippen MR) is 93.5 cm³/mol. The molecule has 3 rings (SSSR count). The average molecular weight is 337 g/mol. The van der Waals surface area contributed by atoms with Crippen LogP contribution in [0.3, 0.4) is 0 Å². The third kappa shape index (κ3) is 3.59. The van der Waals surface area contributed by atoms with Gasteiger partial charge in [-0.25, -0.2) is 4.98 Å². The molecule has 0 unspecified atom stereocenters. The van der Waals surface area contributed by atoms with Crippen LogP contribution in [-0.2, 0) is 24.2 Å². The summed E-state index contributed by atoms with van der Waals surface area (Å²) in [5.74, 6) is 0.226. The number of nitrogens with zero attached hydrogens (tertiary/aromatic N) is 3. The minimum atomic E-state index is -0.0779. The maximum atomic E-state index is 12.8. The topological polar surface area (TPSA) is 62.5 Å². The van der Waals surface area contributed by atoms with Crippen molar-refractivity contribution in [2.45, 2.75) is 64.6 Å². The lowest BCUT2D eigenvalue weighted by Gasteiger charge is -2.28. The van der Waals surface area contributed by atoms with E-state index in [9.17, 15) is 4.79 Å². The molecular weight excluding hydrogens is 308 g/mol. The summed E-state index contributed by atoms with van der Waals surface area (Å²) in [5.41, 5.74) is 7.46. The van der Waals surface area contributed by atoms with Gasteiger partial charge >= 0.3 is 0 Å². The Balaban J connectivity index is 1.72. The summed E-state index contributed by atoms with van der Waals surface area (Å²) in [6.07, 6.45) is 5.60. The van der Waals surface area contributed by atoms with Gasteiger partial charge in [0.25, 0.3) is 0 Å². The van der Waals surface area contributed by atoms with Crippen LogP contribution in [0.15, 0.2) is 0 Å². The first-order valence-electron chi connectivity index (χ1n) is 8.88. The lowest BCUT2D eigenvalue weighted by atomic mass is 10.0. The molecule has 6 heteroatoms. The zero-order chi connectivity index (χ0) is 16.4. The number of carbonyl (C=O) groups excluding carboxylic acids is 1. The summed E-state index contributed by atoms with van der Waals surface area (Å²) in [5, 5.41) is 1.16. The maximum absolute atomic E-state index is 12.8. The second-order valence-corrected chi connectivity index (χ2v) is 7.80. The Kier molecular flexibility index (Phi) is 5.34. The van der Waals surface area contributed by atoms with Crippen molar-refractivity contribution in [1.82, 2.24) is 14.8 Å². The quantitative estimate of drug-likeness (QED) is 0.890. The number of aryl methyl sites for hydroxylation is 2. The molecule has 0 bridgehead atoms. The number of nitrogens with two attached hydrogens (primary N) is 1. The van der Waals surface area contributed by atoms with Crippen molar-refractivity contribution in [3.8, 4) is 0 Å². The molecule has 2 heterocycles. The number of amides is 1. The third-order valence-electron chi connectivity index (χ3n) is 5.02. The van der Waals surface area contributed by atoms with Crippen LogP contribution < -0.4 is 5.73 Å². The molecule has 23 heavy (non-hydrogen) atoms. The second kappa shape index (κ2) is 7.28. The molecule has 1 aromatic rings. The Hall–Kier alpha value is -0.980. The molecule has 2 atom stereocenters. The summed E-state index contributed by atoms with van der Waals surface area (Å²) in [4.78, 5) is 23.2. The Labute approximate surface area is 142 Å². The number of rotatable bonds is 5. The third-order valence-corrected chi connectivity index (χ3v) is 6.17. The number of likely N-dealkylation sites (N-methyl/N-ethyl adjacent to an activating group) is 1. The van der Waals surface area contributed by atoms with Crippen molar-refractivity contribution in [3.63, 3.8) is 0 Å². The van der Waals surface area contributed by atoms with Gasteiger partial charge in [0.2, 0.25) is 5.91 Å². The van der Waals surface area contributed by atoms with Crippen molar-refractivity contribution in [1.29, 1.82) is 0 Å². The van der Waals surface area contributed by atoms with Crippen LogP contribution in [0.1, 0.15) is 48.7 Å². The molecule has 2 aliphatic rings. The van der Waals surface area contributed by atoms with Crippen LogP contribution in [0, 0.1) is 0 Å². The Morgan fingerprint density at radius 1 is 1.35 bits per heavy atom. The highest BCUT2D eigenvalue weighted by molar-refractivity contribution is 7.11. The van der Waals surface area contributed by atoms with Gasteiger partial charge in [-0.15, -0.1) is 11.3 Å². The van der Waals surface area contributed by atoms with E-state index in [0.29, 0.717) is 0 Å². The highest BCUT2D eigenvalue weighted by atomic mass is 32.1. The Morgan fingerprint density at radius 3 is 2.78 bits per heavy atom. The van der Waals surface area contributed by atoms with E-state index >= 15 is 0 Å². The van der Waals surface area contributed by atoms with Crippen molar-refractivity contribution in [3.05, 3.63) is 15.6 Å². The van der Waals surface area contributed by atoms with Gasteiger partial charge in [-0.05, 0) is 46.0 Å². The maximum Gasteiger partial charge on any atom is 0.239 e. The van der Waals surface area contributed by atoms with Gasteiger partial charge in [-0.2, -0.15) is 0 Å². The first-order chi connectivity index (χ1) is 11.1. The molecular formula is C17H28N4OS. The van der Waals surface area contributed by atoms with E-state index in [4.69, 9.17) is 10.7 Å². The summed E-state index contributed by atoms with van der Waals surface area (Å²) in [6.45, 7) is 7.16. The van der Waals surface area contributed by atoms with E-state index in [-0.39, 0.29) is 18.0 Å². The Bertz CT molecular complexity index is 531. The molecule has 1 aromatic heterocycles. The Morgan fingerprint density at radius 2 is 2.09 bits per heavy atom. The van der Waals surface area contributed by atoms with Crippen molar-refractivity contribution in [2.24, 2.45) is 5.73 Å². The number of likely N-dealkylation sites (tertiary alicyclic amines) is 1. The highest BCUT2D eigenvalue weighted by Gasteiger charge is 2.37. The van der Waals surface area contributed by atoms with Gasteiger partial charge in [-0.3, -0.25) is 9.69 Å². The van der Waals surface area contributed by atoms with Crippen LogP contribution >= 0.6 is 11.3 Å². The fraction of sp³-hybridized carbons (Fsp3) is 0.765. The standard InChI is InChI=1S/C17H28N4OS/c1-3-20(4-2)17(22)14-9-12(18)10-21(14)11-16-19-13-7-5-6-8-15(13)23-16/h12,14H,3-11,18H2,1-2H3/t12-,14-/m0/s1. The van der Waals surface area contributed by atoms with Gasteiger partial charge in [0.1, 0.15) is 5.01 Å². The highest BCUT2D eigenvalue weighted by Crippen LogP contribution is 2.29. The van der Waals surface area contributed by atoms with Crippen LogP contribution in [0.5, 0.6) is 0 Å². The van der Waals surface area contributed by atoms with E-state index in [1.54, 1.807) is 0 Å². The van der Waals surface area contributed by atoms with Crippen molar-refractivity contribution in [2.75, 3.05) is 19.6 Å². The molecule has 128 valence electrons. The normalized spacial score (nSPS) is 24.7. The van der Waals surface area contributed by atoms with Crippen molar-refractivity contribution >= 4 is 17.2 Å². The van der Waals surface area contributed by atoms with Crippen LogP contribution in [-0.4, -0.2) is 52.4 Å². The number of thiazole rings is 1. The smallest absolute Gasteiger partial charge is 0.239 e. The fourth-order valence-electron chi connectivity index (χ4n) is 3.76. The van der Waals surface area contributed by atoms with Crippen LogP contribution in [0.4, 0.5) is 0 Å². The molecule has 1 fully saturated rings. The molecule has 5 nitrogen and oxygen atoms in total. The number of hydrogen-bond donors (Lipinski definition) is 1. The number of fused-ring (bicyclic) bond motifs is 1. The van der Waals surface area contributed by atoms with E-state index in [1.807, 2.05) is 30.1 Å². The number of carbonyl (C=O) groups is 1. The summed E-state index contributed by atoms with van der Waals surface area (Å²) < 4.78 is 0. The van der Waals surface area contributed by atoms with E-state index < -0.39 is 0 Å². The second-order valence-electron chi connectivity index (χ2n) is 6.64. The van der Waals surface area contributed by atoms with E-state index in [2.05, 4.69) is 4.90 Å². The average Bonchev–Trinajstić information content (AvgIpc) is 3.11. The molecule has 1 aliphatic heterocycles. The molecule has 1 saturated heterocycles. The van der Waals surface area contributed by atoms with Crippen LogP contribution in [0.25, 0.3) is 0 Å². The first-order valence-corrected chi connectivity index (χ1v) is 9.69. The lowest BCUT2D eigenvalue weighted by molar-refractivity contribution is -0.135. The SMILES string of the molecule is CCN(CC)C(=O)[C@@H]1C[C@H](N)CN1Cc1nc2c(s1)CCCC2. The molecule has 2 N–H and O–H groups in total. The molecule has 0 saturated carbocycles. The van der Waals surface area contributed by atoms with Gasteiger partial charge < -0.3 is 10.6 Å².